The van der Waals surface area contributed by atoms with Crippen molar-refractivity contribution >= 4 is 27.5 Å². The van der Waals surface area contributed by atoms with Gasteiger partial charge in [-0.05, 0) is 5.92 Å². The Morgan fingerprint density at radius 1 is 1.42 bits per heavy atom. The van der Waals surface area contributed by atoms with Crippen molar-refractivity contribution in [3.05, 3.63) is 39.9 Å². The van der Waals surface area contributed by atoms with Gasteiger partial charge in [-0.25, -0.2) is 0 Å². The van der Waals surface area contributed by atoms with Crippen molar-refractivity contribution in [2.24, 2.45) is 5.92 Å². The third-order valence-electron chi connectivity index (χ3n) is 2.79. The number of amides is 1. The smallest absolute Gasteiger partial charge is 0.274 e. The van der Waals surface area contributed by atoms with E-state index < -0.39 is 4.92 Å². The number of hydrogen-bond acceptors (Lipinski definition) is 3. The normalized spacial score (nSPS) is 12.3. The van der Waals surface area contributed by atoms with Gasteiger partial charge in [0.15, 0.2) is 0 Å². The highest BCUT2D eigenvalue weighted by atomic mass is 79.9. The Kier molecular flexibility index (Phi) is 5.47. The molecule has 0 aliphatic heterocycles. The highest BCUT2D eigenvalue weighted by Crippen LogP contribution is 2.21. The number of para-hydroxylation sites is 1. The molecule has 1 aromatic rings. The molecule has 0 aliphatic carbocycles. The fraction of sp³-hybridized carbons (Fsp3) is 0.462. The quantitative estimate of drug-likeness (QED) is 0.474. The second-order valence-corrected chi connectivity index (χ2v) is 5.71. The zero-order valence-corrected chi connectivity index (χ0v) is 12.8. The number of benzene rings is 1. The van der Waals surface area contributed by atoms with Gasteiger partial charge in [0, 0.05) is 18.7 Å². The SMILES string of the molecule is CC(C)C(Br)C(=O)N(C)Cc1ccccc1[N+](=O)[O-]. The predicted molar refractivity (Wildman–Crippen MR) is 77.1 cm³/mol. The molecule has 1 amide bonds. The van der Waals surface area contributed by atoms with Gasteiger partial charge in [-0.2, -0.15) is 0 Å². The first kappa shape index (κ1) is 15.6. The van der Waals surface area contributed by atoms with Crippen molar-refractivity contribution in [2.45, 2.75) is 25.2 Å². The summed E-state index contributed by atoms with van der Waals surface area (Å²) in [5.74, 6) is 0.0915. The minimum atomic E-state index is -0.429. The zero-order valence-electron chi connectivity index (χ0n) is 11.2. The number of hydrogen-bond donors (Lipinski definition) is 0. The van der Waals surface area contributed by atoms with E-state index in [4.69, 9.17) is 0 Å². The van der Waals surface area contributed by atoms with Crippen molar-refractivity contribution in [1.82, 2.24) is 4.90 Å². The minimum absolute atomic E-state index is 0.0396. The van der Waals surface area contributed by atoms with Gasteiger partial charge in [-0.1, -0.05) is 48.0 Å². The molecule has 104 valence electrons. The van der Waals surface area contributed by atoms with Crippen LogP contribution in [0.2, 0.25) is 0 Å². The highest BCUT2D eigenvalue weighted by Gasteiger charge is 2.24. The lowest BCUT2D eigenvalue weighted by molar-refractivity contribution is -0.385. The van der Waals surface area contributed by atoms with Crippen LogP contribution in [0, 0.1) is 16.0 Å². The summed E-state index contributed by atoms with van der Waals surface area (Å²) in [6.45, 7) is 4.11. The average molecular weight is 329 g/mol. The number of rotatable bonds is 5. The van der Waals surface area contributed by atoms with Gasteiger partial charge in [-0.15, -0.1) is 0 Å². The molecule has 1 rings (SSSR count). The van der Waals surface area contributed by atoms with Gasteiger partial charge in [0.2, 0.25) is 5.91 Å². The molecule has 0 saturated carbocycles. The summed E-state index contributed by atoms with van der Waals surface area (Å²) in [6, 6.07) is 6.46. The fourth-order valence-corrected chi connectivity index (χ4v) is 2.00. The largest absolute Gasteiger partial charge is 0.340 e. The molecule has 0 bridgehead atoms. The van der Waals surface area contributed by atoms with Crippen LogP contribution in [0.15, 0.2) is 24.3 Å². The minimum Gasteiger partial charge on any atom is -0.340 e. The summed E-state index contributed by atoms with van der Waals surface area (Å²) in [6.07, 6.45) is 0. The van der Waals surface area contributed by atoms with E-state index >= 15 is 0 Å². The average Bonchev–Trinajstić information content (AvgIpc) is 2.37. The monoisotopic (exact) mass is 328 g/mol. The Balaban J connectivity index is 2.85. The van der Waals surface area contributed by atoms with E-state index in [0.717, 1.165) is 0 Å². The second kappa shape index (κ2) is 6.65. The number of carbonyl (C=O) groups is 1. The molecule has 0 aliphatic rings. The van der Waals surface area contributed by atoms with Crippen LogP contribution in [-0.4, -0.2) is 27.6 Å². The molecule has 1 aromatic carbocycles. The highest BCUT2D eigenvalue weighted by molar-refractivity contribution is 9.10. The zero-order chi connectivity index (χ0) is 14.6. The van der Waals surface area contributed by atoms with E-state index in [9.17, 15) is 14.9 Å². The number of nitro benzene ring substituents is 1. The lowest BCUT2D eigenvalue weighted by Gasteiger charge is -2.22. The van der Waals surface area contributed by atoms with Crippen LogP contribution < -0.4 is 0 Å². The molecule has 0 aromatic heterocycles. The van der Waals surface area contributed by atoms with Gasteiger partial charge < -0.3 is 4.90 Å². The van der Waals surface area contributed by atoms with Crippen molar-refractivity contribution in [2.75, 3.05) is 7.05 Å². The number of halogens is 1. The number of alkyl halides is 1. The van der Waals surface area contributed by atoms with E-state index in [-0.39, 0.29) is 28.9 Å². The topological polar surface area (TPSA) is 63.5 Å². The Hall–Kier alpha value is -1.43. The molecular weight excluding hydrogens is 312 g/mol. The molecule has 0 fully saturated rings. The summed E-state index contributed by atoms with van der Waals surface area (Å²) < 4.78 is 0. The van der Waals surface area contributed by atoms with Crippen molar-refractivity contribution < 1.29 is 9.72 Å². The first-order chi connectivity index (χ1) is 8.84. The van der Waals surface area contributed by atoms with Gasteiger partial charge in [-0.3, -0.25) is 14.9 Å². The van der Waals surface area contributed by atoms with Crippen molar-refractivity contribution in [3.63, 3.8) is 0 Å². The molecule has 0 heterocycles. The van der Waals surface area contributed by atoms with Gasteiger partial charge >= 0.3 is 0 Å². The number of carbonyl (C=O) groups excluding carboxylic acids is 1. The van der Waals surface area contributed by atoms with Gasteiger partial charge in [0.1, 0.15) is 0 Å². The van der Waals surface area contributed by atoms with E-state index in [1.165, 1.54) is 11.0 Å². The standard InChI is InChI=1S/C13H17BrN2O3/c1-9(2)12(14)13(17)15(3)8-10-6-4-5-7-11(10)16(18)19/h4-7,9,12H,8H2,1-3H3. The summed E-state index contributed by atoms with van der Waals surface area (Å²) in [7, 11) is 1.65. The number of nitrogens with zero attached hydrogens (tertiary/aromatic N) is 2. The van der Waals surface area contributed by atoms with Gasteiger partial charge in [0.25, 0.3) is 5.69 Å². The summed E-state index contributed by atoms with van der Waals surface area (Å²) >= 11 is 3.34. The maximum absolute atomic E-state index is 12.1. The van der Waals surface area contributed by atoms with Crippen molar-refractivity contribution in [1.29, 1.82) is 0 Å². The fourth-order valence-electron chi connectivity index (χ4n) is 1.65. The summed E-state index contributed by atoms with van der Waals surface area (Å²) in [4.78, 5) is 23.8. The summed E-state index contributed by atoms with van der Waals surface area (Å²) in [5.41, 5.74) is 0.574. The molecule has 19 heavy (non-hydrogen) atoms. The van der Waals surface area contributed by atoms with E-state index in [1.807, 2.05) is 13.8 Å². The Bertz CT molecular complexity index is 477. The Morgan fingerprint density at radius 3 is 2.53 bits per heavy atom. The molecule has 5 nitrogen and oxygen atoms in total. The van der Waals surface area contributed by atoms with Crippen LogP contribution in [0.1, 0.15) is 19.4 Å². The number of nitro groups is 1. The van der Waals surface area contributed by atoms with Crippen LogP contribution >= 0.6 is 15.9 Å². The van der Waals surface area contributed by atoms with Gasteiger partial charge in [0.05, 0.1) is 16.3 Å². The third-order valence-corrected chi connectivity index (χ3v) is 4.24. The molecule has 0 radical (unpaired) electrons. The molecule has 1 unspecified atom stereocenters. The molecule has 6 heteroatoms. The van der Waals surface area contributed by atoms with Crippen molar-refractivity contribution in [3.8, 4) is 0 Å². The van der Waals surface area contributed by atoms with Crippen LogP contribution in [0.4, 0.5) is 5.69 Å². The van der Waals surface area contributed by atoms with E-state index in [0.29, 0.717) is 5.56 Å². The maximum Gasteiger partial charge on any atom is 0.274 e. The van der Waals surface area contributed by atoms with Crippen LogP contribution in [0.5, 0.6) is 0 Å². The molecule has 0 N–H and O–H groups in total. The maximum atomic E-state index is 12.1. The first-order valence-corrected chi connectivity index (χ1v) is 6.87. The molecular formula is C13H17BrN2O3. The Morgan fingerprint density at radius 2 is 2.00 bits per heavy atom. The lowest BCUT2D eigenvalue weighted by atomic mass is 10.1. The molecule has 1 atom stereocenters. The first-order valence-electron chi connectivity index (χ1n) is 5.96. The molecule has 0 spiro atoms. The Labute approximate surface area is 120 Å². The molecule has 0 saturated heterocycles. The lowest BCUT2D eigenvalue weighted by Crippen LogP contribution is -2.35. The van der Waals surface area contributed by atoms with E-state index in [1.54, 1.807) is 25.2 Å². The predicted octanol–water partition coefficient (Wildman–Crippen LogP) is 2.97. The van der Waals surface area contributed by atoms with Crippen LogP contribution in [0.3, 0.4) is 0 Å². The van der Waals surface area contributed by atoms with Crippen LogP contribution in [-0.2, 0) is 11.3 Å². The van der Waals surface area contributed by atoms with E-state index in [2.05, 4.69) is 15.9 Å². The summed E-state index contributed by atoms with van der Waals surface area (Å²) in [5, 5.41) is 10.9. The second-order valence-electron chi connectivity index (χ2n) is 4.73. The van der Waals surface area contributed by atoms with Crippen LogP contribution in [0.25, 0.3) is 0 Å². The third kappa shape index (κ3) is 4.02.